The number of hydrogen-bond acceptors (Lipinski definition) is 2. The molecule has 0 aliphatic carbocycles. The van der Waals surface area contributed by atoms with Crippen molar-refractivity contribution in [1.82, 2.24) is 9.88 Å². The van der Waals surface area contributed by atoms with Crippen LogP contribution in [-0.2, 0) is 0 Å². The highest BCUT2D eigenvalue weighted by molar-refractivity contribution is 5.61. The summed E-state index contributed by atoms with van der Waals surface area (Å²) in [5.74, 6) is 0. The van der Waals surface area contributed by atoms with Crippen LogP contribution >= 0.6 is 0 Å². The molecule has 0 aromatic carbocycles. The van der Waals surface area contributed by atoms with Crippen LogP contribution in [0.1, 0.15) is 44.1 Å². The van der Waals surface area contributed by atoms with Gasteiger partial charge in [-0.1, -0.05) is 19.6 Å². The van der Waals surface area contributed by atoms with Gasteiger partial charge in [0.1, 0.15) is 0 Å². The van der Waals surface area contributed by atoms with Gasteiger partial charge in [0.2, 0.25) is 0 Å². The highest BCUT2D eigenvalue weighted by Crippen LogP contribution is 2.22. The van der Waals surface area contributed by atoms with E-state index < -0.39 is 0 Å². The summed E-state index contributed by atoms with van der Waals surface area (Å²) < 4.78 is 0. The molecular weight excluding hydrogens is 208 g/mol. The third-order valence-corrected chi connectivity index (χ3v) is 3.32. The maximum Gasteiger partial charge on any atom is 0.0889 e. The fourth-order valence-electron chi connectivity index (χ4n) is 2.04. The number of pyridine rings is 1. The van der Waals surface area contributed by atoms with E-state index in [1.165, 1.54) is 5.56 Å². The van der Waals surface area contributed by atoms with Crippen LogP contribution in [0.4, 0.5) is 0 Å². The largest absolute Gasteiger partial charge is 0.368 e. The first kappa shape index (κ1) is 13.8. The number of nitrogens with zero attached hydrogens (tertiary/aromatic N) is 2. The molecule has 0 saturated heterocycles. The van der Waals surface area contributed by atoms with Gasteiger partial charge in [0.05, 0.1) is 11.4 Å². The van der Waals surface area contributed by atoms with E-state index >= 15 is 0 Å². The zero-order chi connectivity index (χ0) is 13.0. The quantitative estimate of drug-likeness (QED) is 0.768. The first-order valence-corrected chi connectivity index (χ1v) is 6.41. The lowest BCUT2D eigenvalue weighted by Crippen LogP contribution is -2.31. The summed E-state index contributed by atoms with van der Waals surface area (Å²) >= 11 is 0. The zero-order valence-corrected chi connectivity index (χ0v) is 11.7. The predicted octanol–water partition coefficient (Wildman–Crippen LogP) is 3.79. The molecule has 0 fully saturated rings. The molecule has 2 heteroatoms. The summed E-state index contributed by atoms with van der Waals surface area (Å²) in [5.41, 5.74) is 4.32. The van der Waals surface area contributed by atoms with Crippen molar-refractivity contribution in [3.05, 3.63) is 35.7 Å². The SMILES string of the molecule is C=C(c1nc(C)ccc1C)N(CC)C(C)CC. The van der Waals surface area contributed by atoms with Crippen molar-refractivity contribution in [1.29, 1.82) is 0 Å². The Morgan fingerprint density at radius 2 is 2.00 bits per heavy atom. The summed E-state index contributed by atoms with van der Waals surface area (Å²) in [7, 11) is 0. The Labute approximate surface area is 105 Å². The molecule has 1 rings (SSSR count). The lowest BCUT2D eigenvalue weighted by atomic mass is 10.1. The lowest BCUT2D eigenvalue weighted by Gasteiger charge is -2.31. The molecular formula is C15H24N2. The normalized spacial score (nSPS) is 12.3. The predicted molar refractivity (Wildman–Crippen MR) is 74.9 cm³/mol. The van der Waals surface area contributed by atoms with Crippen LogP contribution in [0.15, 0.2) is 18.7 Å². The first-order valence-electron chi connectivity index (χ1n) is 6.41. The molecule has 94 valence electrons. The summed E-state index contributed by atoms with van der Waals surface area (Å²) in [4.78, 5) is 6.95. The van der Waals surface area contributed by atoms with E-state index in [1.807, 2.05) is 13.0 Å². The average Bonchev–Trinajstić information content (AvgIpc) is 2.32. The van der Waals surface area contributed by atoms with Gasteiger partial charge in [-0.3, -0.25) is 4.98 Å². The molecule has 1 atom stereocenters. The Morgan fingerprint density at radius 3 is 2.53 bits per heavy atom. The summed E-state index contributed by atoms with van der Waals surface area (Å²) in [6, 6.07) is 4.67. The summed E-state index contributed by atoms with van der Waals surface area (Å²) in [6.45, 7) is 15.9. The van der Waals surface area contributed by atoms with Crippen LogP contribution in [0.2, 0.25) is 0 Å². The molecule has 1 unspecified atom stereocenters. The van der Waals surface area contributed by atoms with Crippen molar-refractivity contribution >= 4 is 5.70 Å². The average molecular weight is 232 g/mol. The summed E-state index contributed by atoms with van der Waals surface area (Å²) in [5, 5.41) is 0. The number of hydrogen-bond donors (Lipinski definition) is 0. The van der Waals surface area contributed by atoms with Gasteiger partial charge in [0.25, 0.3) is 0 Å². The Bertz CT molecular complexity index is 396. The molecule has 2 nitrogen and oxygen atoms in total. The monoisotopic (exact) mass is 232 g/mol. The number of rotatable bonds is 5. The Hall–Kier alpha value is -1.31. The smallest absolute Gasteiger partial charge is 0.0889 e. The number of aromatic nitrogens is 1. The highest BCUT2D eigenvalue weighted by Gasteiger charge is 2.16. The minimum atomic E-state index is 0.509. The zero-order valence-electron chi connectivity index (χ0n) is 11.7. The van der Waals surface area contributed by atoms with Gasteiger partial charge < -0.3 is 4.90 Å². The van der Waals surface area contributed by atoms with E-state index in [0.717, 1.165) is 30.1 Å². The molecule has 1 aromatic heterocycles. The van der Waals surface area contributed by atoms with Crippen molar-refractivity contribution in [2.24, 2.45) is 0 Å². The third kappa shape index (κ3) is 3.09. The molecule has 0 spiro atoms. The van der Waals surface area contributed by atoms with Crippen LogP contribution in [0.5, 0.6) is 0 Å². The third-order valence-electron chi connectivity index (χ3n) is 3.32. The van der Waals surface area contributed by atoms with E-state index in [2.05, 4.69) is 50.2 Å². The van der Waals surface area contributed by atoms with Crippen LogP contribution in [0, 0.1) is 13.8 Å². The van der Waals surface area contributed by atoms with Gasteiger partial charge in [0.15, 0.2) is 0 Å². The van der Waals surface area contributed by atoms with Gasteiger partial charge in [-0.25, -0.2) is 0 Å². The van der Waals surface area contributed by atoms with E-state index in [4.69, 9.17) is 0 Å². The van der Waals surface area contributed by atoms with Crippen molar-refractivity contribution in [3.8, 4) is 0 Å². The standard InChI is InChI=1S/C15H24N2/c1-7-13(5)17(8-2)14(6)15-11(3)9-10-12(4)16-15/h9-10,13H,6-8H2,1-5H3. The number of aryl methyl sites for hydroxylation is 2. The minimum Gasteiger partial charge on any atom is -0.368 e. The lowest BCUT2D eigenvalue weighted by molar-refractivity contribution is 0.318. The van der Waals surface area contributed by atoms with E-state index in [1.54, 1.807) is 0 Å². The van der Waals surface area contributed by atoms with Gasteiger partial charge in [0, 0.05) is 18.3 Å². The maximum absolute atomic E-state index is 4.62. The highest BCUT2D eigenvalue weighted by atomic mass is 15.2. The molecule has 1 heterocycles. The molecule has 0 bridgehead atoms. The van der Waals surface area contributed by atoms with Crippen molar-refractivity contribution in [2.75, 3.05) is 6.54 Å². The van der Waals surface area contributed by atoms with E-state index in [-0.39, 0.29) is 0 Å². The Morgan fingerprint density at radius 1 is 1.35 bits per heavy atom. The van der Waals surface area contributed by atoms with Crippen molar-refractivity contribution in [2.45, 2.75) is 47.1 Å². The summed E-state index contributed by atoms with van der Waals surface area (Å²) in [6.07, 6.45) is 1.12. The Balaban J connectivity index is 3.05. The minimum absolute atomic E-state index is 0.509. The van der Waals surface area contributed by atoms with Crippen LogP contribution in [0.3, 0.4) is 0 Å². The second-order valence-corrected chi connectivity index (χ2v) is 4.61. The maximum atomic E-state index is 4.62. The second kappa shape index (κ2) is 5.85. The van der Waals surface area contributed by atoms with Gasteiger partial charge >= 0.3 is 0 Å². The fourth-order valence-corrected chi connectivity index (χ4v) is 2.04. The van der Waals surface area contributed by atoms with Gasteiger partial charge in [-0.15, -0.1) is 0 Å². The van der Waals surface area contributed by atoms with Gasteiger partial charge in [-0.2, -0.15) is 0 Å². The van der Waals surface area contributed by atoms with Crippen LogP contribution < -0.4 is 0 Å². The second-order valence-electron chi connectivity index (χ2n) is 4.61. The molecule has 0 N–H and O–H groups in total. The van der Waals surface area contributed by atoms with E-state index in [9.17, 15) is 0 Å². The molecule has 1 aromatic rings. The molecule has 0 radical (unpaired) electrons. The van der Waals surface area contributed by atoms with Crippen molar-refractivity contribution in [3.63, 3.8) is 0 Å². The molecule has 0 aliphatic rings. The topological polar surface area (TPSA) is 16.1 Å². The van der Waals surface area contributed by atoms with E-state index in [0.29, 0.717) is 6.04 Å². The fraction of sp³-hybridized carbons (Fsp3) is 0.533. The molecule has 0 amide bonds. The Kier molecular flexibility index (Phi) is 4.73. The first-order chi connectivity index (χ1) is 8.01. The van der Waals surface area contributed by atoms with Crippen LogP contribution in [-0.4, -0.2) is 22.5 Å². The molecule has 0 saturated carbocycles. The molecule has 0 aliphatic heterocycles. The molecule has 17 heavy (non-hydrogen) atoms. The van der Waals surface area contributed by atoms with Crippen LogP contribution in [0.25, 0.3) is 5.70 Å². The van der Waals surface area contributed by atoms with Gasteiger partial charge in [-0.05, 0) is 45.7 Å². The van der Waals surface area contributed by atoms with Crippen molar-refractivity contribution < 1.29 is 0 Å².